The van der Waals surface area contributed by atoms with E-state index in [1.54, 1.807) is 12.1 Å². The third kappa shape index (κ3) is 1.84. The summed E-state index contributed by atoms with van der Waals surface area (Å²) in [5.74, 6) is 1.18. The molecule has 2 rings (SSSR count). The SMILES string of the molecule is COc1ccc(-c2nc(=S)[nH][nH]2)c(O)c1. The van der Waals surface area contributed by atoms with Crippen molar-refractivity contribution < 1.29 is 9.84 Å². The normalized spacial score (nSPS) is 10.2. The zero-order chi connectivity index (χ0) is 10.8. The molecule has 5 nitrogen and oxygen atoms in total. The van der Waals surface area contributed by atoms with Crippen LogP contribution in [0.5, 0.6) is 11.5 Å². The smallest absolute Gasteiger partial charge is 0.213 e. The number of nitrogens with one attached hydrogen (secondary N) is 2. The first kappa shape index (κ1) is 9.72. The summed E-state index contributed by atoms with van der Waals surface area (Å²) in [6.07, 6.45) is 0. The molecule has 0 radical (unpaired) electrons. The summed E-state index contributed by atoms with van der Waals surface area (Å²) in [5, 5.41) is 15.1. The summed E-state index contributed by atoms with van der Waals surface area (Å²) in [6.45, 7) is 0. The van der Waals surface area contributed by atoms with Crippen molar-refractivity contribution in [1.29, 1.82) is 0 Å². The lowest BCUT2D eigenvalue weighted by atomic mass is 10.2. The van der Waals surface area contributed by atoms with E-state index in [0.717, 1.165) is 0 Å². The Morgan fingerprint density at radius 1 is 1.40 bits per heavy atom. The molecule has 0 aliphatic heterocycles. The molecule has 0 saturated carbocycles. The fourth-order valence-electron chi connectivity index (χ4n) is 1.24. The number of benzene rings is 1. The number of ether oxygens (including phenoxy) is 1. The number of methoxy groups -OCH3 is 1. The molecule has 0 atom stereocenters. The van der Waals surface area contributed by atoms with Gasteiger partial charge in [0.15, 0.2) is 5.82 Å². The molecule has 78 valence electrons. The van der Waals surface area contributed by atoms with E-state index in [9.17, 15) is 5.11 Å². The number of rotatable bonds is 2. The Labute approximate surface area is 90.7 Å². The lowest BCUT2D eigenvalue weighted by Crippen LogP contribution is -1.85. The molecule has 15 heavy (non-hydrogen) atoms. The van der Waals surface area contributed by atoms with E-state index in [2.05, 4.69) is 15.2 Å². The van der Waals surface area contributed by atoms with E-state index < -0.39 is 0 Å². The summed E-state index contributed by atoms with van der Waals surface area (Å²) in [4.78, 5) is 4.00. The predicted octanol–water partition coefficient (Wildman–Crippen LogP) is 1.85. The summed E-state index contributed by atoms with van der Waals surface area (Å²) in [7, 11) is 1.54. The van der Waals surface area contributed by atoms with E-state index in [0.29, 0.717) is 21.9 Å². The number of phenolic OH excluding ortho intramolecular Hbond substituents is 1. The van der Waals surface area contributed by atoms with Crippen molar-refractivity contribution >= 4 is 12.2 Å². The van der Waals surface area contributed by atoms with Gasteiger partial charge in [-0.25, -0.2) is 0 Å². The molecule has 0 bridgehead atoms. The average molecular weight is 223 g/mol. The molecule has 0 amide bonds. The van der Waals surface area contributed by atoms with Crippen LogP contribution in [-0.4, -0.2) is 27.4 Å². The van der Waals surface area contributed by atoms with Crippen LogP contribution in [0.25, 0.3) is 11.4 Å². The third-order valence-corrected chi connectivity index (χ3v) is 2.15. The van der Waals surface area contributed by atoms with Crippen molar-refractivity contribution in [2.75, 3.05) is 7.11 Å². The predicted molar refractivity (Wildman–Crippen MR) is 57.4 cm³/mol. The van der Waals surface area contributed by atoms with Crippen LogP contribution in [0.3, 0.4) is 0 Å². The number of phenols is 1. The monoisotopic (exact) mass is 223 g/mol. The standard InChI is InChI=1S/C9H9N3O2S/c1-14-5-2-3-6(7(13)4-5)8-10-9(15)12-11-8/h2-4,13H,1H3,(H2,10,11,12,15). The molecule has 1 aromatic heterocycles. The van der Waals surface area contributed by atoms with Gasteiger partial charge in [-0.05, 0) is 24.4 Å². The summed E-state index contributed by atoms with van der Waals surface area (Å²) >= 11 is 4.82. The molecule has 3 N–H and O–H groups in total. The van der Waals surface area contributed by atoms with Crippen LogP contribution < -0.4 is 4.74 Å². The van der Waals surface area contributed by atoms with Crippen LogP contribution >= 0.6 is 12.2 Å². The van der Waals surface area contributed by atoms with Gasteiger partial charge in [0.2, 0.25) is 4.77 Å². The zero-order valence-electron chi connectivity index (χ0n) is 7.94. The molecule has 0 spiro atoms. The van der Waals surface area contributed by atoms with Crippen LogP contribution in [0.4, 0.5) is 0 Å². The van der Waals surface area contributed by atoms with Gasteiger partial charge in [0, 0.05) is 6.07 Å². The van der Waals surface area contributed by atoms with Crippen molar-refractivity contribution in [1.82, 2.24) is 15.2 Å². The fraction of sp³-hybridized carbons (Fsp3) is 0.111. The first-order valence-electron chi connectivity index (χ1n) is 4.23. The van der Waals surface area contributed by atoms with Crippen molar-refractivity contribution in [3.63, 3.8) is 0 Å². The van der Waals surface area contributed by atoms with Gasteiger partial charge in [0.05, 0.1) is 12.7 Å². The highest BCUT2D eigenvalue weighted by Crippen LogP contribution is 2.29. The molecular formula is C9H9N3O2S. The largest absolute Gasteiger partial charge is 0.507 e. The highest BCUT2D eigenvalue weighted by molar-refractivity contribution is 7.71. The molecule has 2 aromatic rings. The average Bonchev–Trinajstić information content (AvgIpc) is 2.64. The second-order valence-corrected chi connectivity index (χ2v) is 3.29. The Kier molecular flexibility index (Phi) is 2.42. The Morgan fingerprint density at radius 2 is 2.20 bits per heavy atom. The Bertz CT molecular complexity index is 532. The number of aromatic hydroxyl groups is 1. The highest BCUT2D eigenvalue weighted by atomic mass is 32.1. The number of nitrogens with zero attached hydrogens (tertiary/aromatic N) is 1. The molecule has 1 aromatic carbocycles. The Morgan fingerprint density at radius 3 is 2.73 bits per heavy atom. The van der Waals surface area contributed by atoms with E-state index in [4.69, 9.17) is 17.0 Å². The van der Waals surface area contributed by atoms with Gasteiger partial charge in [-0.1, -0.05) is 0 Å². The summed E-state index contributed by atoms with van der Waals surface area (Å²) in [5.41, 5.74) is 0.572. The van der Waals surface area contributed by atoms with Crippen molar-refractivity contribution in [3.8, 4) is 22.9 Å². The quantitative estimate of drug-likeness (QED) is 0.679. The molecule has 0 saturated heterocycles. The molecule has 6 heteroatoms. The molecule has 1 heterocycles. The number of H-pyrrole nitrogens is 2. The number of aromatic amines is 2. The van der Waals surface area contributed by atoms with Gasteiger partial charge in [-0.2, -0.15) is 4.98 Å². The Hall–Kier alpha value is -1.82. The second kappa shape index (κ2) is 3.74. The zero-order valence-corrected chi connectivity index (χ0v) is 8.76. The van der Waals surface area contributed by atoms with Crippen molar-refractivity contribution in [3.05, 3.63) is 23.0 Å². The molecular weight excluding hydrogens is 214 g/mol. The van der Waals surface area contributed by atoms with Crippen LogP contribution in [0, 0.1) is 4.77 Å². The Balaban J connectivity index is 2.49. The lowest BCUT2D eigenvalue weighted by Gasteiger charge is -2.03. The van der Waals surface area contributed by atoms with Crippen molar-refractivity contribution in [2.24, 2.45) is 0 Å². The molecule has 0 fully saturated rings. The summed E-state index contributed by atoms with van der Waals surface area (Å²) in [6, 6.07) is 4.96. The number of hydrogen-bond acceptors (Lipinski definition) is 4. The summed E-state index contributed by atoms with van der Waals surface area (Å²) < 4.78 is 5.32. The first-order chi connectivity index (χ1) is 7.20. The van der Waals surface area contributed by atoms with Gasteiger partial charge in [0.1, 0.15) is 11.5 Å². The van der Waals surface area contributed by atoms with Gasteiger partial charge in [0.25, 0.3) is 0 Å². The number of aromatic nitrogens is 3. The van der Waals surface area contributed by atoms with Crippen LogP contribution in [0.1, 0.15) is 0 Å². The van der Waals surface area contributed by atoms with E-state index in [1.165, 1.54) is 13.2 Å². The maximum absolute atomic E-state index is 9.70. The van der Waals surface area contributed by atoms with Gasteiger partial charge in [-0.15, -0.1) is 0 Å². The highest BCUT2D eigenvalue weighted by Gasteiger charge is 2.07. The van der Waals surface area contributed by atoms with E-state index in [-0.39, 0.29) is 5.75 Å². The molecule has 0 aliphatic rings. The van der Waals surface area contributed by atoms with Crippen LogP contribution in [0.2, 0.25) is 0 Å². The molecule has 0 unspecified atom stereocenters. The minimum atomic E-state index is 0.0899. The number of hydrogen-bond donors (Lipinski definition) is 3. The topological polar surface area (TPSA) is 73.9 Å². The van der Waals surface area contributed by atoms with Crippen LogP contribution in [0.15, 0.2) is 18.2 Å². The van der Waals surface area contributed by atoms with E-state index in [1.807, 2.05) is 0 Å². The van der Waals surface area contributed by atoms with Gasteiger partial charge >= 0.3 is 0 Å². The third-order valence-electron chi connectivity index (χ3n) is 1.96. The minimum Gasteiger partial charge on any atom is -0.507 e. The van der Waals surface area contributed by atoms with Crippen LogP contribution in [-0.2, 0) is 0 Å². The lowest BCUT2D eigenvalue weighted by molar-refractivity contribution is 0.408. The maximum atomic E-state index is 9.70. The fourth-order valence-corrected chi connectivity index (χ4v) is 1.38. The first-order valence-corrected chi connectivity index (χ1v) is 4.63. The van der Waals surface area contributed by atoms with Gasteiger partial charge < -0.3 is 9.84 Å². The maximum Gasteiger partial charge on any atom is 0.213 e. The van der Waals surface area contributed by atoms with Crippen molar-refractivity contribution in [2.45, 2.75) is 0 Å². The molecule has 0 aliphatic carbocycles. The minimum absolute atomic E-state index is 0.0899. The van der Waals surface area contributed by atoms with Gasteiger partial charge in [-0.3, -0.25) is 10.2 Å². The second-order valence-electron chi connectivity index (χ2n) is 2.90. The van der Waals surface area contributed by atoms with E-state index >= 15 is 0 Å².